The van der Waals surface area contributed by atoms with E-state index >= 15 is 0 Å². The topological polar surface area (TPSA) is 82.8 Å². The van der Waals surface area contributed by atoms with Crippen LogP contribution in [0.3, 0.4) is 0 Å². The van der Waals surface area contributed by atoms with Crippen molar-refractivity contribution in [1.29, 1.82) is 0 Å². The van der Waals surface area contributed by atoms with Gasteiger partial charge in [0.25, 0.3) is 5.89 Å². The molecule has 6 heteroatoms. The average molecular weight is 249 g/mol. The Hall–Kier alpha value is -1.69. The van der Waals surface area contributed by atoms with Crippen LogP contribution in [0.2, 0.25) is 0 Å². The van der Waals surface area contributed by atoms with Gasteiger partial charge in [0.15, 0.2) is 5.82 Å². The molecule has 0 amide bonds. The summed E-state index contributed by atoms with van der Waals surface area (Å²) in [4.78, 5) is 4.39. The maximum absolute atomic E-state index is 5.88. The summed E-state index contributed by atoms with van der Waals surface area (Å²) in [5.41, 5.74) is 8.71. The van der Waals surface area contributed by atoms with E-state index in [2.05, 4.69) is 15.2 Å². The van der Waals surface area contributed by atoms with E-state index in [1.165, 1.54) is 0 Å². The first kappa shape index (κ1) is 12.8. The fourth-order valence-electron chi connectivity index (χ4n) is 1.90. The largest absolute Gasteiger partial charge is 0.334 e. The lowest BCUT2D eigenvalue weighted by Crippen LogP contribution is -2.21. The van der Waals surface area contributed by atoms with Crippen molar-refractivity contribution in [3.05, 3.63) is 17.2 Å². The van der Waals surface area contributed by atoms with Crippen molar-refractivity contribution >= 4 is 0 Å². The molecule has 0 radical (unpaired) electrons. The first-order valence-corrected chi connectivity index (χ1v) is 6.11. The van der Waals surface area contributed by atoms with Gasteiger partial charge in [-0.3, -0.25) is 4.68 Å². The van der Waals surface area contributed by atoms with E-state index in [0.29, 0.717) is 18.1 Å². The van der Waals surface area contributed by atoms with Crippen LogP contribution in [0.1, 0.15) is 30.6 Å². The summed E-state index contributed by atoms with van der Waals surface area (Å²) in [5.74, 6) is 1.18. The number of nitrogens with two attached hydrogens (primary N) is 1. The number of nitrogens with zero attached hydrogens (tertiary/aromatic N) is 4. The highest BCUT2D eigenvalue weighted by Crippen LogP contribution is 2.24. The molecule has 6 nitrogen and oxygen atoms in total. The van der Waals surface area contributed by atoms with E-state index in [9.17, 15) is 0 Å². The molecular formula is C12H19N5O. The zero-order chi connectivity index (χ0) is 13.3. The maximum atomic E-state index is 5.88. The molecule has 0 fully saturated rings. The molecule has 2 aromatic rings. The Kier molecular flexibility index (Phi) is 3.47. The number of hydrogen-bond acceptors (Lipinski definition) is 5. The van der Waals surface area contributed by atoms with E-state index in [1.54, 1.807) is 0 Å². The highest BCUT2D eigenvalue weighted by Gasteiger charge is 2.18. The lowest BCUT2D eigenvalue weighted by Gasteiger charge is -2.02. The summed E-state index contributed by atoms with van der Waals surface area (Å²) in [6.07, 6.45) is 1.53. The van der Waals surface area contributed by atoms with Crippen molar-refractivity contribution in [1.82, 2.24) is 19.9 Å². The molecule has 2 heterocycles. The predicted octanol–water partition coefficient (Wildman–Crippen LogP) is 1.37. The molecule has 2 aromatic heterocycles. The van der Waals surface area contributed by atoms with Gasteiger partial charge in [-0.1, -0.05) is 12.1 Å². The summed E-state index contributed by atoms with van der Waals surface area (Å²) in [5, 5.41) is 8.31. The molecule has 18 heavy (non-hydrogen) atoms. The molecule has 1 unspecified atom stereocenters. The van der Waals surface area contributed by atoms with Crippen molar-refractivity contribution in [3.63, 3.8) is 0 Å². The minimum atomic E-state index is 0.0755. The Labute approximate surface area is 106 Å². The van der Waals surface area contributed by atoms with Crippen molar-refractivity contribution in [2.24, 2.45) is 12.8 Å². The monoisotopic (exact) mass is 249 g/mol. The number of rotatable bonds is 4. The van der Waals surface area contributed by atoms with Gasteiger partial charge in [-0.05, 0) is 20.3 Å². The van der Waals surface area contributed by atoms with Crippen LogP contribution in [0.4, 0.5) is 0 Å². The van der Waals surface area contributed by atoms with Crippen LogP contribution < -0.4 is 5.73 Å². The second-order valence-electron chi connectivity index (χ2n) is 4.56. The molecule has 0 spiro atoms. The Morgan fingerprint density at radius 3 is 2.67 bits per heavy atom. The van der Waals surface area contributed by atoms with Crippen molar-refractivity contribution in [3.8, 4) is 11.5 Å². The van der Waals surface area contributed by atoms with Crippen LogP contribution in [-0.2, 0) is 13.5 Å². The standard InChI is InChI=1S/C12H19N5O/c1-5-9(13)6-10-14-12(18-16-10)11-7(2)15-17(4)8(11)3/h9H,5-6,13H2,1-4H3. The molecule has 0 aliphatic carbocycles. The third kappa shape index (κ3) is 2.28. The quantitative estimate of drug-likeness (QED) is 0.884. The van der Waals surface area contributed by atoms with Gasteiger partial charge < -0.3 is 10.3 Å². The Morgan fingerprint density at radius 1 is 1.39 bits per heavy atom. The first-order chi connectivity index (χ1) is 8.52. The van der Waals surface area contributed by atoms with E-state index in [1.807, 2.05) is 32.5 Å². The third-order valence-corrected chi connectivity index (χ3v) is 3.16. The van der Waals surface area contributed by atoms with Crippen molar-refractivity contribution in [2.75, 3.05) is 0 Å². The molecule has 0 saturated heterocycles. The van der Waals surface area contributed by atoms with Gasteiger partial charge in [0, 0.05) is 25.2 Å². The smallest absolute Gasteiger partial charge is 0.261 e. The van der Waals surface area contributed by atoms with Crippen molar-refractivity contribution in [2.45, 2.75) is 39.7 Å². The summed E-state index contributed by atoms with van der Waals surface area (Å²) in [7, 11) is 1.90. The number of hydrogen-bond donors (Lipinski definition) is 1. The molecule has 0 saturated carbocycles. The molecular weight excluding hydrogens is 230 g/mol. The van der Waals surface area contributed by atoms with Gasteiger partial charge in [-0.15, -0.1) is 0 Å². The van der Waals surface area contributed by atoms with Gasteiger partial charge in [0.05, 0.1) is 11.3 Å². The Balaban J connectivity index is 2.29. The fraction of sp³-hybridized carbons (Fsp3) is 0.583. The second kappa shape index (κ2) is 4.89. The molecule has 0 aliphatic rings. The third-order valence-electron chi connectivity index (χ3n) is 3.16. The van der Waals surface area contributed by atoms with Crippen LogP contribution in [-0.4, -0.2) is 26.0 Å². The zero-order valence-electron chi connectivity index (χ0n) is 11.3. The fourth-order valence-corrected chi connectivity index (χ4v) is 1.90. The maximum Gasteiger partial charge on any atom is 0.261 e. The van der Waals surface area contributed by atoms with Gasteiger partial charge >= 0.3 is 0 Å². The van der Waals surface area contributed by atoms with Crippen LogP contribution in [0, 0.1) is 13.8 Å². The first-order valence-electron chi connectivity index (χ1n) is 6.11. The second-order valence-corrected chi connectivity index (χ2v) is 4.56. The van der Waals surface area contributed by atoms with Gasteiger partial charge in [0.1, 0.15) is 0 Å². The van der Waals surface area contributed by atoms with Crippen molar-refractivity contribution < 1.29 is 4.52 Å². The number of aryl methyl sites for hydroxylation is 2. The van der Waals surface area contributed by atoms with Crippen LogP contribution >= 0.6 is 0 Å². The average Bonchev–Trinajstić information content (AvgIpc) is 2.85. The normalized spacial score (nSPS) is 12.9. The molecule has 2 rings (SSSR count). The number of aromatic nitrogens is 4. The molecule has 0 bridgehead atoms. The van der Waals surface area contributed by atoms with Gasteiger partial charge in [0.2, 0.25) is 0 Å². The highest BCUT2D eigenvalue weighted by molar-refractivity contribution is 5.59. The molecule has 1 atom stereocenters. The highest BCUT2D eigenvalue weighted by atomic mass is 16.5. The predicted molar refractivity (Wildman–Crippen MR) is 67.9 cm³/mol. The van der Waals surface area contributed by atoms with E-state index in [4.69, 9.17) is 10.3 Å². The Bertz CT molecular complexity index is 543. The van der Waals surface area contributed by atoms with Crippen LogP contribution in [0.15, 0.2) is 4.52 Å². The lowest BCUT2D eigenvalue weighted by molar-refractivity contribution is 0.418. The summed E-state index contributed by atoms with van der Waals surface area (Å²) in [6, 6.07) is 0.0755. The molecule has 2 N–H and O–H groups in total. The van der Waals surface area contributed by atoms with Gasteiger partial charge in [-0.2, -0.15) is 10.1 Å². The molecule has 0 aromatic carbocycles. The van der Waals surface area contributed by atoms with Crippen LogP contribution in [0.5, 0.6) is 0 Å². The minimum absolute atomic E-state index is 0.0755. The zero-order valence-corrected chi connectivity index (χ0v) is 11.3. The summed E-state index contributed by atoms with van der Waals surface area (Å²) < 4.78 is 7.11. The summed E-state index contributed by atoms with van der Waals surface area (Å²) in [6.45, 7) is 5.96. The molecule has 0 aliphatic heterocycles. The van der Waals surface area contributed by atoms with E-state index in [0.717, 1.165) is 23.4 Å². The van der Waals surface area contributed by atoms with E-state index < -0.39 is 0 Å². The minimum Gasteiger partial charge on any atom is -0.334 e. The Morgan fingerprint density at radius 2 is 2.11 bits per heavy atom. The summed E-state index contributed by atoms with van der Waals surface area (Å²) >= 11 is 0. The van der Waals surface area contributed by atoms with Crippen LogP contribution in [0.25, 0.3) is 11.5 Å². The van der Waals surface area contributed by atoms with E-state index in [-0.39, 0.29) is 6.04 Å². The SMILES string of the molecule is CCC(N)Cc1noc(-c2c(C)nn(C)c2C)n1. The van der Waals surface area contributed by atoms with Gasteiger partial charge in [-0.25, -0.2) is 0 Å². The lowest BCUT2D eigenvalue weighted by atomic mass is 10.1. The molecule has 98 valence electrons.